The highest BCUT2D eigenvalue weighted by Crippen LogP contribution is 2.19. The van der Waals surface area contributed by atoms with Crippen LogP contribution in [0.1, 0.15) is 20.7 Å². The van der Waals surface area contributed by atoms with E-state index >= 15 is 0 Å². The molecule has 0 saturated carbocycles. The lowest BCUT2D eigenvalue weighted by Gasteiger charge is -2.09. The fourth-order valence-corrected chi connectivity index (χ4v) is 2.34. The average Bonchev–Trinajstić information content (AvgIpc) is 2.64. The normalized spacial score (nSPS) is 10.1. The molecular weight excluding hydrogens is 314 g/mol. The zero-order chi connectivity index (χ0) is 17.6. The third-order valence-corrected chi connectivity index (χ3v) is 3.61. The van der Waals surface area contributed by atoms with Gasteiger partial charge in [0.05, 0.1) is 0 Å². The van der Waals surface area contributed by atoms with E-state index in [9.17, 15) is 9.59 Å². The molecule has 0 aliphatic carbocycles. The topological polar surface area (TPSA) is 84.2 Å². The van der Waals surface area contributed by atoms with Gasteiger partial charge >= 0.3 is 0 Å². The van der Waals surface area contributed by atoms with Gasteiger partial charge in [-0.3, -0.25) is 9.59 Å². The maximum atomic E-state index is 12.3. The standard InChI is InChI=1S/C20H17N3O2/c21-19(24)14-5-4-6-15(13-14)20(25)23-18-11-9-17(10-12-18)22-16-7-2-1-3-8-16/h1-13,22H,(H2,21,24)(H,23,25). The Hall–Kier alpha value is -3.60. The lowest BCUT2D eigenvalue weighted by atomic mass is 10.1. The molecule has 2 amide bonds. The smallest absolute Gasteiger partial charge is 0.255 e. The molecule has 4 N–H and O–H groups in total. The number of hydrogen-bond acceptors (Lipinski definition) is 3. The number of carbonyl (C=O) groups excluding carboxylic acids is 2. The summed E-state index contributed by atoms with van der Waals surface area (Å²) in [6.45, 7) is 0. The van der Waals surface area contributed by atoms with Crippen molar-refractivity contribution in [1.29, 1.82) is 0 Å². The van der Waals surface area contributed by atoms with Gasteiger partial charge in [-0.25, -0.2) is 0 Å². The predicted octanol–water partition coefficient (Wildman–Crippen LogP) is 3.78. The molecule has 0 radical (unpaired) electrons. The summed E-state index contributed by atoms with van der Waals surface area (Å²) in [6, 6.07) is 23.5. The van der Waals surface area contributed by atoms with E-state index in [0.717, 1.165) is 11.4 Å². The van der Waals surface area contributed by atoms with Crippen molar-refractivity contribution in [3.05, 3.63) is 90.0 Å². The van der Waals surface area contributed by atoms with Gasteiger partial charge in [0.25, 0.3) is 5.91 Å². The lowest BCUT2D eigenvalue weighted by molar-refractivity contribution is 0.1000. The van der Waals surface area contributed by atoms with E-state index in [1.54, 1.807) is 30.3 Å². The summed E-state index contributed by atoms with van der Waals surface area (Å²) < 4.78 is 0. The molecule has 5 nitrogen and oxygen atoms in total. The minimum absolute atomic E-state index is 0.299. The second-order valence-electron chi connectivity index (χ2n) is 5.47. The summed E-state index contributed by atoms with van der Waals surface area (Å²) in [5.74, 6) is -0.863. The molecule has 0 bridgehead atoms. The quantitative estimate of drug-likeness (QED) is 0.665. The number of primary amides is 1. The van der Waals surface area contributed by atoms with E-state index in [1.165, 1.54) is 6.07 Å². The fraction of sp³-hybridized carbons (Fsp3) is 0. The van der Waals surface area contributed by atoms with Crippen molar-refractivity contribution in [2.45, 2.75) is 0 Å². The first kappa shape index (κ1) is 16.3. The molecule has 0 fully saturated rings. The number of amides is 2. The van der Waals surface area contributed by atoms with Crippen molar-refractivity contribution >= 4 is 28.9 Å². The zero-order valence-electron chi connectivity index (χ0n) is 13.4. The van der Waals surface area contributed by atoms with Gasteiger partial charge in [0.2, 0.25) is 5.91 Å². The molecule has 0 unspecified atom stereocenters. The molecule has 124 valence electrons. The van der Waals surface area contributed by atoms with Crippen LogP contribution in [-0.2, 0) is 0 Å². The van der Waals surface area contributed by atoms with Gasteiger partial charge < -0.3 is 16.4 Å². The van der Waals surface area contributed by atoms with Gasteiger partial charge in [0, 0.05) is 28.2 Å². The van der Waals surface area contributed by atoms with Gasteiger partial charge in [-0.1, -0.05) is 24.3 Å². The lowest BCUT2D eigenvalue weighted by Crippen LogP contribution is -2.15. The minimum Gasteiger partial charge on any atom is -0.366 e. The number of anilines is 3. The Kier molecular flexibility index (Phi) is 4.76. The van der Waals surface area contributed by atoms with Crippen molar-refractivity contribution in [2.24, 2.45) is 5.73 Å². The highest BCUT2D eigenvalue weighted by atomic mass is 16.2. The molecular formula is C20H17N3O2. The van der Waals surface area contributed by atoms with Crippen LogP contribution in [0.2, 0.25) is 0 Å². The number of nitrogens with two attached hydrogens (primary N) is 1. The first-order chi connectivity index (χ1) is 12.1. The number of rotatable bonds is 5. The fourth-order valence-electron chi connectivity index (χ4n) is 2.34. The molecule has 3 rings (SSSR count). The molecule has 25 heavy (non-hydrogen) atoms. The van der Waals surface area contributed by atoms with Crippen LogP contribution in [0.25, 0.3) is 0 Å². The van der Waals surface area contributed by atoms with Crippen LogP contribution in [0, 0.1) is 0 Å². The van der Waals surface area contributed by atoms with Crippen LogP contribution < -0.4 is 16.4 Å². The number of benzene rings is 3. The molecule has 0 aromatic heterocycles. The van der Waals surface area contributed by atoms with Crippen LogP contribution in [0.3, 0.4) is 0 Å². The number of nitrogens with one attached hydrogen (secondary N) is 2. The van der Waals surface area contributed by atoms with Crippen molar-refractivity contribution in [3.63, 3.8) is 0 Å². The molecule has 3 aromatic rings. The molecule has 0 spiro atoms. The van der Waals surface area contributed by atoms with E-state index < -0.39 is 5.91 Å². The van der Waals surface area contributed by atoms with E-state index in [1.807, 2.05) is 42.5 Å². The van der Waals surface area contributed by atoms with Crippen LogP contribution in [0.4, 0.5) is 17.1 Å². The Bertz CT molecular complexity index is 890. The summed E-state index contributed by atoms with van der Waals surface area (Å²) >= 11 is 0. The highest BCUT2D eigenvalue weighted by Gasteiger charge is 2.09. The van der Waals surface area contributed by atoms with Crippen molar-refractivity contribution < 1.29 is 9.59 Å². The molecule has 0 aliphatic heterocycles. The predicted molar refractivity (Wildman–Crippen MR) is 99.1 cm³/mol. The highest BCUT2D eigenvalue weighted by molar-refractivity contribution is 6.06. The Balaban J connectivity index is 1.68. The van der Waals surface area contributed by atoms with Gasteiger partial charge in [-0.05, 0) is 54.6 Å². The Labute approximate surface area is 145 Å². The van der Waals surface area contributed by atoms with E-state index in [0.29, 0.717) is 16.8 Å². The number of para-hydroxylation sites is 1. The molecule has 0 aliphatic rings. The van der Waals surface area contributed by atoms with E-state index in [-0.39, 0.29) is 5.91 Å². The Morgan fingerprint density at radius 2 is 1.28 bits per heavy atom. The summed E-state index contributed by atoms with van der Waals surface area (Å²) in [6.07, 6.45) is 0. The molecule has 0 atom stereocenters. The van der Waals surface area contributed by atoms with Crippen LogP contribution >= 0.6 is 0 Å². The van der Waals surface area contributed by atoms with Crippen LogP contribution in [0.15, 0.2) is 78.9 Å². The summed E-state index contributed by atoms with van der Waals surface area (Å²) in [5, 5.41) is 6.07. The number of hydrogen-bond donors (Lipinski definition) is 3. The number of carbonyl (C=O) groups is 2. The third kappa shape index (κ3) is 4.23. The van der Waals surface area contributed by atoms with Gasteiger partial charge in [0.1, 0.15) is 0 Å². The van der Waals surface area contributed by atoms with Crippen molar-refractivity contribution in [3.8, 4) is 0 Å². The van der Waals surface area contributed by atoms with Crippen molar-refractivity contribution in [2.75, 3.05) is 10.6 Å². The van der Waals surface area contributed by atoms with Gasteiger partial charge in [0.15, 0.2) is 0 Å². The third-order valence-electron chi connectivity index (χ3n) is 3.61. The summed E-state index contributed by atoms with van der Waals surface area (Å²) in [5.41, 5.74) is 8.48. The Morgan fingerprint density at radius 1 is 0.680 bits per heavy atom. The maximum absolute atomic E-state index is 12.3. The van der Waals surface area contributed by atoms with E-state index in [4.69, 9.17) is 5.73 Å². The van der Waals surface area contributed by atoms with Crippen LogP contribution in [-0.4, -0.2) is 11.8 Å². The summed E-state index contributed by atoms with van der Waals surface area (Å²) in [4.78, 5) is 23.5. The van der Waals surface area contributed by atoms with Gasteiger partial charge in [-0.2, -0.15) is 0 Å². The monoisotopic (exact) mass is 331 g/mol. The molecule has 0 heterocycles. The second-order valence-corrected chi connectivity index (χ2v) is 5.47. The zero-order valence-corrected chi connectivity index (χ0v) is 13.4. The van der Waals surface area contributed by atoms with Gasteiger partial charge in [-0.15, -0.1) is 0 Å². The second kappa shape index (κ2) is 7.31. The first-order valence-electron chi connectivity index (χ1n) is 7.75. The maximum Gasteiger partial charge on any atom is 0.255 e. The average molecular weight is 331 g/mol. The SMILES string of the molecule is NC(=O)c1cccc(C(=O)Nc2ccc(Nc3ccccc3)cc2)c1. The minimum atomic E-state index is -0.564. The molecule has 3 aromatic carbocycles. The first-order valence-corrected chi connectivity index (χ1v) is 7.75. The van der Waals surface area contributed by atoms with E-state index in [2.05, 4.69) is 10.6 Å². The largest absolute Gasteiger partial charge is 0.366 e. The molecule has 0 saturated heterocycles. The van der Waals surface area contributed by atoms with Crippen LogP contribution in [0.5, 0.6) is 0 Å². The Morgan fingerprint density at radius 3 is 1.96 bits per heavy atom. The van der Waals surface area contributed by atoms with Crippen molar-refractivity contribution in [1.82, 2.24) is 0 Å². The summed E-state index contributed by atoms with van der Waals surface area (Å²) in [7, 11) is 0. The molecule has 5 heteroatoms.